The topological polar surface area (TPSA) is 57.2 Å². The third-order valence-corrected chi connectivity index (χ3v) is 1.76. The number of aldehydes is 1. The zero-order valence-electron chi connectivity index (χ0n) is 8.46. The Morgan fingerprint density at radius 2 is 2.00 bits per heavy atom. The minimum atomic E-state index is -0.380. The third kappa shape index (κ3) is 3.09. The van der Waals surface area contributed by atoms with Crippen LogP contribution in [0.4, 0.5) is 0 Å². The van der Waals surface area contributed by atoms with Crippen LogP contribution >= 0.6 is 0 Å². The van der Waals surface area contributed by atoms with Crippen molar-refractivity contribution >= 4 is 12.1 Å². The largest absolute Gasteiger partial charge is 1.00 e. The van der Waals surface area contributed by atoms with Crippen LogP contribution in [0.3, 0.4) is 0 Å². The van der Waals surface area contributed by atoms with Gasteiger partial charge in [0.05, 0.1) is 0 Å². The van der Waals surface area contributed by atoms with E-state index in [4.69, 9.17) is 0 Å². The van der Waals surface area contributed by atoms with Crippen LogP contribution in [-0.2, 0) is 0 Å². The van der Waals surface area contributed by atoms with Gasteiger partial charge in [0, 0.05) is 11.1 Å². The molecule has 0 saturated carbocycles. The second-order valence-corrected chi connectivity index (χ2v) is 2.90. The SMILES string of the molecule is CC(=O)c1c([O-])cc(C)cc1C=O.[Rb+]. The molecule has 0 aliphatic rings. The Bertz CT molecular complexity index is 372. The van der Waals surface area contributed by atoms with Gasteiger partial charge in [-0.1, -0.05) is 17.4 Å². The summed E-state index contributed by atoms with van der Waals surface area (Å²) in [4.78, 5) is 21.5. The normalized spacial score (nSPS) is 9.00. The molecule has 0 aliphatic carbocycles. The second kappa shape index (κ2) is 5.90. The first kappa shape index (κ1) is 14.2. The van der Waals surface area contributed by atoms with Crippen molar-refractivity contribution in [2.24, 2.45) is 0 Å². The van der Waals surface area contributed by atoms with Crippen LogP contribution in [0.1, 0.15) is 33.2 Å². The van der Waals surface area contributed by atoms with Crippen LogP contribution in [0.5, 0.6) is 5.75 Å². The van der Waals surface area contributed by atoms with E-state index < -0.39 is 0 Å². The van der Waals surface area contributed by atoms with Crippen molar-refractivity contribution < 1.29 is 72.9 Å². The fourth-order valence-electron chi connectivity index (χ4n) is 1.25. The molecule has 0 aromatic heterocycles. The van der Waals surface area contributed by atoms with Gasteiger partial charge in [-0.2, -0.15) is 0 Å². The predicted octanol–water partition coefficient (Wildman–Crippen LogP) is -1.91. The molecule has 4 heteroatoms. The third-order valence-electron chi connectivity index (χ3n) is 1.76. The Hall–Kier alpha value is 0.165. The van der Waals surface area contributed by atoms with Crippen molar-refractivity contribution in [1.82, 2.24) is 0 Å². The smallest absolute Gasteiger partial charge is 0.872 e. The Kier molecular flexibility index (Phi) is 5.97. The molecule has 0 atom stereocenters. The predicted molar refractivity (Wildman–Crippen MR) is 46.0 cm³/mol. The van der Waals surface area contributed by atoms with Crippen molar-refractivity contribution in [2.75, 3.05) is 0 Å². The number of carbonyl (C=O) groups is 2. The number of hydrogen-bond acceptors (Lipinski definition) is 3. The standard InChI is InChI=1S/C10H10O3.Rb/c1-6-3-8(5-11)10(7(2)12)9(13)4-6;/h3-5,13H,1-2H3;/q;+1/p-1. The molecule has 0 saturated heterocycles. The maximum absolute atomic E-state index is 11.3. The zero-order chi connectivity index (χ0) is 10.0. The van der Waals surface area contributed by atoms with Gasteiger partial charge in [-0.05, 0) is 19.9 Å². The van der Waals surface area contributed by atoms with Crippen LogP contribution in [0, 0.1) is 6.92 Å². The van der Waals surface area contributed by atoms with Crippen molar-refractivity contribution in [3.8, 4) is 5.75 Å². The molecule has 14 heavy (non-hydrogen) atoms. The summed E-state index contributed by atoms with van der Waals surface area (Å²) in [6.45, 7) is 2.98. The van der Waals surface area contributed by atoms with Gasteiger partial charge in [-0.15, -0.1) is 0 Å². The summed E-state index contributed by atoms with van der Waals surface area (Å²) in [6, 6.07) is 2.88. The van der Waals surface area contributed by atoms with Gasteiger partial charge in [0.1, 0.15) is 0 Å². The summed E-state index contributed by atoms with van der Waals surface area (Å²) >= 11 is 0. The molecule has 0 fully saturated rings. The van der Waals surface area contributed by atoms with E-state index in [0.29, 0.717) is 11.8 Å². The Balaban J connectivity index is 0.00000169. The van der Waals surface area contributed by atoms with Gasteiger partial charge in [0.15, 0.2) is 12.1 Å². The minimum Gasteiger partial charge on any atom is -0.872 e. The molecule has 0 spiro atoms. The molecule has 0 radical (unpaired) electrons. The van der Waals surface area contributed by atoms with Gasteiger partial charge in [-0.3, -0.25) is 9.59 Å². The summed E-state index contributed by atoms with van der Waals surface area (Å²) < 4.78 is 0. The fraction of sp³-hybridized carbons (Fsp3) is 0.200. The molecule has 1 aromatic rings. The Morgan fingerprint density at radius 3 is 2.43 bits per heavy atom. The maximum Gasteiger partial charge on any atom is 1.00 e. The number of benzene rings is 1. The van der Waals surface area contributed by atoms with Crippen molar-refractivity contribution in [1.29, 1.82) is 0 Å². The van der Waals surface area contributed by atoms with E-state index in [1.54, 1.807) is 6.92 Å². The van der Waals surface area contributed by atoms with Crippen LogP contribution < -0.4 is 63.3 Å². The molecule has 0 unspecified atom stereocenters. The van der Waals surface area contributed by atoms with Crippen LogP contribution in [0.25, 0.3) is 0 Å². The average Bonchev–Trinajstić information content (AvgIpc) is 2.01. The van der Waals surface area contributed by atoms with E-state index in [1.165, 1.54) is 19.1 Å². The van der Waals surface area contributed by atoms with Gasteiger partial charge in [0.25, 0.3) is 0 Å². The van der Waals surface area contributed by atoms with Crippen molar-refractivity contribution in [3.05, 3.63) is 28.8 Å². The molecule has 0 amide bonds. The van der Waals surface area contributed by atoms with Gasteiger partial charge in [0.2, 0.25) is 0 Å². The molecule has 0 aliphatic heterocycles. The number of carbonyl (C=O) groups excluding carboxylic acids is 2. The van der Waals surface area contributed by atoms with Crippen LogP contribution in [-0.4, -0.2) is 12.1 Å². The molecule has 0 heterocycles. The van der Waals surface area contributed by atoms with Gasteiger partial charge >= 0.3 is 58.2 Å². The van der Waals surface area contributed by atoms with E-state index in [-0.39, 0.29) is 80.8 Å². The number of hydrogen-bond donors (Lipinski definition) is 0. The molecular weight excluding hydrogens is 254 g/mol. The molecule has 68 valence electrons. The first-order chi connectivity index (χ1) is 6.06. The van der Waals surface area contributed by atoms with Gasteiger partial charge in [-0.25, -0.2) is 0 Å². The summed E-state index contributed by atoms with van der Waals surface area (Å²) in [5.74, 6) is -0.748. The van der Waals surface area contributed by atoms with Crippen LogP contribution in [0.2, 0.25) is 0 Å². The number of ketones is 1. The van der Waals surface area contributed by atoms with Crippen LogP contribution in [0.15, 0.2) is 12.1 Å². The monoisotopic (exact) mass is 262 g/mol. The van der Waals surface area contributed by atoms with E-state index in [9.17, 15) is 14.7 Å². The first-order valence-electron chi connectivity index (χ1n) is 3.84. The summed E-state index contributed by atoms with van der Waals surface area (Å²) in [7, 11) is 0. The summed E-state index contributed by atoms with van der Waals surface area (Å²) in [6.07, 6.45) is 0.533. The van der Waals surface area contributed by atoms with Gasteiger partial charge < -0.3 is 5.11 Å². The Morgan fingerprint density at radius 1 is 1.43 bits per heavy atom. The molecule has 3 nitrogen and oxygen atoms in total. The zero-order valence-corrected chi connectivity index (χ0v) is 13.4. The van der Waals surface area contributed by atoms with E-state index >= 15 is 0 Å². The Labute approximate surface area is 131 Å². The molecule has 1 rings (SSSR count). The summed E-state index contributed by atoms with van der Waals surface area (Å²) in [5.41, 5.74) is 0.857. The van der Waals surface area contributed by atoms with E-state index in [1.807, 2.05) is 0 Å². The number of Topliss-reactive ketones (excluding diaryl/α,β-unsaturated/α-hetero) is 1. The van der Waals surface area contributed by atoms with E-state index in [0.717, 1.165) is 0 Å². The second-order valence-electron chi connectivity index (χ2n) is 2.90. The minimum absolute atomic E-state index is 0. The number of rotatable bonds is 2. The fourth-order valence-corrected chi connectivity index (χ4v) is 1.25. The first-order valence-corrected chi connectivity index (χ1v) is 3.84. The molecular formula is C10H9O3Rb. The average molecular weight is 263 g/mol. The molecule has 1 aromatic carbocycles. The van der Waals surface area contributed by atoms with Crippen molar-refractivity contribution in [2.45, 2.75) is 13.8 Å². The van der Waals surface area contributed by atoms with Crippen molar-refractivity contribution in [3.63, 3.8) is 0 Å². The molecule has 0 bridgehead atoms. The number of aryl methyl sites for hydroxylation is 1. The van der Waals surface area contributed by atoms with E-state index in [2.05, 4.69) is 0 Å². The summed E-state index contributed by atoms with van der Waals surface area (Å²) in [5, 5.41) is 11.3. The quantitative estimate of drug-likeness (QED) is 0.462. The molecule has 0 N–H and O–H groups in total. The maximum atomic E-state index is 11.3.